The van der Waals surface area contributed by atoms with Gasteiger partial charge in [0, 0.05) is 11.6 Å². The Balaban J connectivity index is 2.17. The van der Waals surface area contributed by atoms with Crippen LogP contribution in [-0.4, -0.2) is 15.5 Å². The monoisotopic (exact) mass is 242 g/mol. The van der Waals surface area contributed by atoms with Crippen molar-refractivity contribution in [2.24, 2.45) is 0 Å². The molecule has 0 spiro atoms. The number of fused-ring (bicyclic) bond motifs is 1. The van der Waals surface area contributed by atoms with Crippen LogP contribution in [0.15, 0.2) is 42.0 Å². The van der Waals surface area contributed by atoms with E-state index in [0.717, 1.165) is 16.6 Å². The minimum atomic E-state index is -0.00815. The fourth-order valence-corrected chi connectivity index (χ4v) is 2.62. The molecule has 0 radical (unpaired) electrons. The number of para-hydroxylation sites is 1. The number of benzene rings is 1. The number of hydrogen-bond acceptors (Lipinski definition) is 3. The summed E-state index contributed by atoms with van der Waals surface area (Å²) in [5, 5.41) is 1.07. The quantitative estimate of drug-likeness (QED) is 0.657. The molecular weight excluding hydrogens is 232 g/mol. The van der Waals surface area contributed by atoms with Gasteiger partial charge in [0.15, 0.2) is 0 Å². The SMILES string of the molecule is Cc1ncsc1C(=O)n1ccc2ccccc21. The van der Waals surface area contributed by atoms with E-state index in [-0.39, 0.29) is 5.91 Å². The van der Waals surface area contributed by atoms with Crippen molar-refractivity contribution in [3.8, 4) is 0 Å². The number of hydrogen-bond donors (Lipinski definition) is 0. The molecule has 0 saturated heterocycles. The van der Waals surface area contributed by atoms with E-state index >= 15 is 0 Å². The maximum Gasteiger partial charge on any atom is 0.274 e. The molecule has 17 heavy (non-hydrogen) atoms. The Bertz CT molecular complexity index is 696. The van der Waals surface area contributed by atoms with Crippen LogP contribution in [0, 0.1) is 6.92 Å². The van der Waals surface area contributed by atoms with Gasteiger partial charge in [-0.1, -0.05) is 18.2 Å². The van der Waals surface area contributed by atoms with Crippen molar-refractivity contribution in [1.82, 2.24) is 9.55 Å². The number of aromatic nitrogens is 2. The van der Waals surface area contributed by atoms with E-state index < -0.39 is 0 Å². The van der Waals surface area contributed by atoms with Crippen LogP contribution >= 0.6 is 11.3 Å². The molecule has 3 aromatic rings. The van der Waals surface area contributed by atoms with Crippen LogP contribution in [-0.2, 0) is 0 Å². The largest absolute Gasteiger partial charge is 0.282 e. The highest BCUT2D eigenvalue weighted by atomic mass is 32.1. The Hall–Kier alpha value is -1.94. The number of aryl methyl sites for hydroxylation is 1. The van der Waals surface area contributed by atoms with Crippen molar-refractivity contribution in [1.29, 1.82) is 0 Å². The van der Waals surface area contributed by atoms with Gasteiger partial charge >= 0.3 is 0 Å². The Kier molecular flexibility index (Phi) is 2.30. The van der Waals surface area contributed by atoms with Gasteiger partial charge in [-0.25, -0.2) is 4.98 Å². The van der Waals surface area contributed by atoms with Crippen LogP contribution in [0.1, 0.15) is 15.4 Å². The first-order chi connectivity index (χ1) is 8.27. The highest BCUT2D eigenvalue weighted by Gasteiger charge is 2.15. The molecule has 1 aromatic carbocycles. The van der Waals surface area contributed by atoms with Gasteiger partial charge < -0.3 is 0 Å². The molecule has 0 saturated carbocycles. The standard InChI is InChI=1S/C13H10N2OS/c1-9-12(17-8-14-9)13(16)15-7-6-10-4-2-3-5-11(10)15/h2-8H,1H3. The van der Waals surface area contributed by atoms with Crippen molar-refractivity contribution in [2.45, 2.75) is 6.92 Å². The summed E-state index contributed by atoms with van der Waals surface area (Å²) in [5.74, 6) is -0.00815. The molecule has 0 aliphatic carbocycles. The summed E-state index contributed by atoms with van der Waals surface area (Å²) in [6, 6.07) is 9.80. The van der Waals surface area contributed by atoms with E-state index in [9.17, 15) is 4.79 Å². The number of carbonyl (C=O) groups is 1. The van der Waals surface area contributed by atoms with E-state index in [1.54, 1.807) is 10.1 Å². The molecule has 0 unspecified atom stereocenters. The van der Waals surface area contributed by atoms with Crippen molar-refractivity contribution < 1.29 is 4.79 Å². The fourth-order valence-electron chi connectivity index (χ4n) is 1.88. The fraction of sp³-hybridized carbons (Fsp3) is 0.0769. The zero-order chi connectivity index (χ0) is 11.8. The lowest BCUT2D eigenvalue weighted by atomic mass is 10.2. The number of nitrogens with zero attached hydrogens (tertiary/aromatic N) is 2. The minimum Gasteiger partial charge on any atom is -0.282 e. The van der Waals surface area contributed by atoms with Gasteiger partial charge in [-0.2, -0.15) is 0 Å². The average Bonchev–Trinajstić information content (AvgIpc) is 2.94. The number of carbonyl (C=O) groups excluding carboxylic acids is 1. The second-order valence-corrected chi connectivity index (χ2v) is 4.67. The second kappa shape index (κ2) is 3.82. The second-order valence-electron chi connectivity index (χ2n) is 3.82. The molecule has 3 rings (SSSR count). The Morgan fingerprint density at radius 3 is 2.88 bits per heavy atom. The van der Waals surface area contributed by atoms with Gasteiger partial charge in [-0.05, 0) is 19.1 Å². The number of thiazole rings is 1. The molecule has 0 bridgehead atoms. The topological polar surface area (TPSA) is 34.9 Å². The van der Waals surface area contributed by atoms with E-state index in [0.29, 0.717) is 4.88 Å². The third-order valence-corrected chi connectivity index (χ3v) is 3.67. The molecule has 2 heterocycles. The Morgan fingerprint density at radius 2 is 2.12 bits per heavy atom. The van der Waals surface area contributed by atoms with Gasteiger partial charge in [0.05, 0.1) is 16.7 Å². The predicted octanol–water partition coefficient (Wildman–Crippen LogP) is 3.09. The average molecular weight is 242 g/mol. The molecule has 0 N–H and O–H groups in total. The van der Waals surface area contributed by atoms with Gasteiger partial charge in [0.2, 0.25) is 0 Å². The lowest BCUT2D eigenvalue weighted by molar-refractivity contribution is 0.0968. The summed E-state index contributed by atoms with van der Waals surface area (Å²) >= 11 is 1.38. The van der Waals surface area contributed by atoms with Crippen LogP contribution in [0.5, 0.6) is 0 Å². The first-order valence-electron chi connectivity index (χ1n) is 5.28. The molecule has 3 nitrogen and oxygen atoms in total. The zero-order valence-electron chi connectivity index (χ0n) is 9.25. The van der Waals surface area contributed by atoms with Crippen LogP contribution in [0.3, 0.4) is 0 Å². The third kappa shape index (κ3) is 1.57. The van der Waals surface area contributed by atoms with Gasteiger partial charge in [-0.3, -0.25) is 9.36 Å². The van der Waals surface area contributed by atoms with Gasteiger partial charge in [0.1, 0.15) is 4.88 Å². The molecule has 0 fully saturated rings. The smallest absolute Gasteiger partial charge is 0.274 e. The van der Waals surface area contributed by atoms with Crippen molar-refractivity contribution >= 4 is 28.1 Å². The maximum absolute atomic E-state index is 12.3. The highest BCUT2D eigenvalue weighted by molar-refractivity contribution is 7.11. The Labute approximate surface area is 102 Å². The van der Waals surface area contributed by atoms with Crippen molar-refractivity contribution in [3.63, 3.8) is 0 Å². The first-order valence-corrected chi connectivity index (χ1v) is 6.16. The van der Waals surface area contributed by atoms with Crippen LogP contribution < -0.4 is 0 Å². The summed E-state index contributed by atoms with van der Waals surface area (Å²) in [4.78, 5) is 17.1. The maximum atomic E-state index is 12.3. The molecule has 0 aliphatic rings. The molecule has 4 heteroatoms. The highest BCUT2D eigenvalue weighted by Crippen LogP contribution is 2.19. The van der Waals surface area contributed by atoms with E-state index in [2.05, 4.69) is 4.98 Å². The first kappa shape index (κ1) is 10.2. The summed E-state index contributed by atoms with van der Waals surface area (Å²) in [6.07, 6.45) is 1.81. The minimum absolute atomic E-state index is 0.00815. The van der Waals surface area contributed by atoms with Crippen molar-refractivity contribution in [2.75, 3.05) is 0 Å². The number of rotatable bonds is 1. The normalized spacial score (nSPS) is 10.9. The zero-order valence-corrected chi connectivity index (χ0v) is 10.1. The molecule has 0 amide bonds. The summed E-state index contributed by atoms with van der Waals surface area (Å²) in [5.41, 5.74) is 3.43. The molecule has 2 aromatic heterocycles. The lowest BCUT2D eigenvalue weighted by Crippen LogP contribution is -2.10. The molecule has 0 atom stereocenters. The summed E-state index contributed by atoms with van der Waals surface area (Å²) in [7, 11) is 0. The van der Waals surface area contributed by atoms with Crippen LogP contribution in [0.4, 0.5) is 0 Å². The Morgan fingerprint density at radius 1 is 1.29 bits per heavy atom. The van der Waals surface area contributed by atoms with E-state index in [1.807, 2.05) is 43.5 Å². The van der Waals surface area contributed by atoms with Crippen molar-refractivity contribution in [3.05, 3.63) is 52.6 Å². The molecule has 84 valence electrons. The molecule has 0 aliphatic heterocycles. The summed E-state index contributed by atoms with van der Waals surface area (Å²) in [6.45, 7) is 1.86. The predicted molar refractivity (Wildman–Crippen MR) is 68.5 cm³/mol. The third-order valence-electron chi connectivity index (χ3n) is 2.76. The van der Waals surface area contributed by atoms with E-state index in [4.69, 9.17) is 0 Å². The molecular formula is C13H10N2OS. The van der Waals surface area contributed by atoms with Crippen LogP contribution in [0.2, 0.25) is 0 Å². The van der Waals surface area contributed by atoms with Crippen LogP contribution in [0.25, 0.3) is 10.9 Å². The van der Waals surface area contributed by atoms with Gasteiger partial charge in [0.25, 0.3) is 5.91 Å². The lowest BCUT2D eigenvalue weighted by Gasteiger charge is -2.02. The summed E-state index contributed by atoms with van der Waals surface area (Å²) < 4.78 is 1.68. The van der Waals surface area contributed by atoms with Gasteiger partial charge in [-0.15, -0.1) is 11.3 Å². The van der Waals surface area contributed by atoms with E-state index in [1.165, 1.54) is 11.3 Å².